The lowest BCUT2D eigenvalue weighted by molar-refractivity contribution is 0.0729. The number of nitrogens with zero attached hydrogens (tertiary/aromatic N) is 2. The molecule has 0 aromatic heterocycles. The van der Waals surface area contributed by atoms with Crippen LogP contribution >= 0.6 is 0 Å². The molecule has 7 heteroatoms. The van der Waals surface area contributed by atoms with Crippen LogP contribution in [0.2, 0.25) is 0 Å². The Hall–Kier alpha value is -2.25. The number of hydrogen-bond acceptors (Lipinski definition) is 3. The molecule has 2 unspecified atom stereocenters. The van der Waals surface area contributed by atoms with Gasteiger partial charge in [0.05, 0.1) is 4.90 Å². The van der Waals surface area contributed by atoms with E-state index in [9.17, 15) is 17.6 Å². The highest BCUT2D eigenvalue weighted by Gasteiger charge is 2.35. The van der Waals surface area contributed by atoms with E-state index < -0.39 is 10.0 Å². The molecule has 2 aliphatic rings. The van der Waals surface area contributed by atoms with Crippen LogP contribution in [0.15, 0.2) is 53.4 Å². The third-order valence-corrected chi connectivity index (χ3v) is 7.87. The van der Waals surface area contributed by atoms with Gasteiger partial charge >= 0.3 is 0 Å². The molecule has 1 saturated heterocycles. The molecule has 31 heavy (non-hydrogen) atoms. The minimum atomic E-state index is -3.67. The van der Waals surface area contributed by atoms with Gasteiger partial charge in [0.15, 0.2) is 0 Å². The number of piperidine rings is 1. The van der Waals surface area contributed by atoms with Crippen LogP contribution in [0.1, 0.15) is 49.0 Å². The maximum absolute atomic E-state index is 13.6. The second kappa shape index (κ2) is 8.71. The minimum Gasteiger partial charge on any atom is -0.331 e. The van der Waals surface area contributed by atoms with Crippen LogP contribution in [-0.4, -0.2) is 42.7 Å². The number of halogens is 1. The Balaban J connectivity index is 1.58. The fourth-order valence-corrected chi connectivity index (χ4v) is 6.22. The second-order valence-electron chi connectivity index (χ2n) is 9.09. The highest BCUT2D eigenvalue weighted by atomic mass is 32.2. The minimum absolute atomic E-state index is 0.111. The molecule has 1 amide bonds. The van der Waals surface area contributed by atoms with Crippen LogP contribution in [0.4, 0.5) is 4.39 Å². The van der Waals surface area contributed by atoms with Crippen LogP contribution in [-0.2, 0) is 16.6 Å². The lowest BCUT2D eigenvalue weighted by Crippen LogP contribution is -2.42. The van der Waals surface area contributed by atoms with Crippen molar-refractivity contribution in [3.05, 3.63) is 65.5 Å². The van der Waals surface area contributed by atoms with Crippen molar-refractivity contribution in [2.75, 3.05) is 13.1 Å². The van der Waals surface area contributed by atoms with E-state index in [1.165, 1.54) is 18.2 Å². The van der Waals surface area contributed by atoms with Gasteiger partial charge in [0.2, 0.25) is 10.0 Å². The van der Waals surface area contributed by atoms with E-state index in [0.717, 1.165) is 24.8 Å². The summed E-state index contributed by atoms with van der Waals surface area (Å²) in [6.45, 7) is 5.44. The largest absolute Gasteiger partial charge is 0.331 e. The average molecular weight is 445 g/mol. The number of amides is 1. The van der Waals surface area contributed by atoms with E-state index in [4.69, 9.17) is 0 Å². The smallest absolute Gasteiger partial charge is 0.254 e. The molecule has 5 nitrogen and oxygen atoms in total. The van der Waals surface area contributed by atoms with E-state index >= 15 is 0 Å². The normalized spacial score (nSPS) is 22.3. The molecule has 0 N–H and O–H groups in total. The topological polar surface area (TPSA) is 57.7 Å². The summed E-state index contributed by atoms with van der Waals surface area (Å²) in [4.78, 5) is 15.2. The number of sulfonamides is 1. The van der Waals surface area contributed by atoms with E-state index in [0.29, 0.717) is 37.0 Å². The van der Waals surface area contributed by atoms with Crippen LogP contribution in [0.25, 0.3) is 0 Å². The summed E-state index contributed by atoms with van der Waals surface area (Å²) in [6.07, 6.45) is 2.83. The van der Waals surface area contributed by atoms with E-state index in [1.54, 1.807) is 39.5 Å². The van der Waals surface area contributed by atoms with Crippen molar-refractivity contribution in [3.63, 3.8) is 0 Å². The van der Waals surface area contributed by atoms with Gasteiger partial charge in [-0.1, -0.05) is 32.0 Å². The third kappa shape index (κ3) is 4.99. The van der Waals surface area contributed by atoms with Gasteiger partial charge in [-0.05, 0) is 67.0 Å². The summed E-state index contributed by atoms with van der Waals surface area (Å²) in [5.74, 6) is 0.0582. The van der Waals surface area contributed by atoms with Crippen LogP contribution in [0.3, 0.4) is 0 Å². The third-order valence-electron chi connectivity index (χ3n) is 6.04. The molecule has 1 heterocycles. The lowest BCUT2D eigenvalue weighted by atomic mass is 9.94. The first-order valence-corrected chi connectivity index (χ1v) is 12.3. The Morgan fingerprint density at radius 3 is 2.39 bits per heavy atom. The first-order valence-electron chi connectivity index (χ1n) is 10.9. The predicted octanol–water partition coefficient (Wildman–Crippen LogP) is 4.30. The Bertz CT molecular complexity index is 1060. The maximum Gasteiger partial charge on any atom is 0.254 e. The van der Waals surface area contributed by atoms with Gasteiger partial charge in [-0.15, -0.1) is 0 Å². The summed E-state index contributed by atoms with van der Waals surface area (Å²) in [5, 5.41) is 0. The molecule has 166 valence electrons. The first-order chi connectivity index (χ1) is 14.7. The number of carbonyl (C=O) groups excluding carboxylic acids is 1. The van der Waals surface area contributed by atoms with Gasteiger partial charge in [0.25, 0.3) is 5.91 Å². The van der Waals surface area contributed by atoms with Crippen molar-refractivity contribution in [1.82, 2.24) is 9.21 Å². The second-order valence-corrected chi connectivity index (χ2v) is 11.0. The molecule has 2 atom stereocenters. The molecule has 1 aliphatic heterocycles. The predicted molar refractivity (Wildman–Crippen MR) is 117 cm³/mol. The van der Waals surface area contributed by atoms with Crippen molar-refractivity contribution in [2.45, 2.75) is 50.6 Å². The van der Waals surface area contributed by atoms with Crippen molar-refractivity contribution in [3.8, 4) is 0 Å². The molecule has 1 aliphatic carbocycles. The molecule has 2 aromatic rings. The van der Waals surface area contributed by atoms with E-state index in [-0.39, 0.29) is 22.7 Å². The molecule has 1 saturated carbocycles. The van der Waals surface area contributed by atoms with Crippen LogP contribution in [0, 0.1) is 17.7 Å². The number of benzene rings is 2. The zero-order valence-electron chi connectivity index (χ0n) is 18.0. The Labute approximate surface area is 183 Å². The molecular formula is C24H29FN2O3S. The molecule has 4 rings (SSSR count). The van der Waals surface area contributed by atoms with Gasteiger partial charge in [-0.3, -0.25) is 4.79 Å². The summed E-state index contributed by atoms with van der Waals surface area (Å²) >= 11 is 0. The molecule has 2 fully saturated rings. The Morgan fingerprint density at radius 2 is 1.74 bits per heavy atom. The van der Waals surface area contributed by atoms with Gasteiger partial charge in [0, 0.05) is 31.2 Å². The fraction of sp³-hybridized carbons (Fsp3) is 0.458. The zero-order chi connectivity index (χ0) is 22.2. The van der Waals surface area contributed by atoms with Crippen molar-refractivity contribution < 1.29 is 17.6 Å². The summed E-state index contributed by atoms with van der Waals surface area (Å²) < 4.78 is 41.7. The average Bonchev–Trinajstić information content (AvgIpc) is 3.56. The number of carbonyl (C=O) groups is 1. The van der Waals surface area contributed by atoms with Gasteiger partial charge < -0.3 is 4.90 Å². The zero-order valence-corrected chi connectivity index (χ0v) is 18.8. The molecule has 2 aromatic carbocycles. The fourth-order valence-electron chi connectivity index (χ4n) is 4.49. The first kappa shape index (κ1) is 22.0. The number of hydrogen-bond donors (Lipinski definition) is 0. The summed E-state index contributed by atoms with van der Waals surface area (Å²) in [6, 6.07) is 12.7. The van der Waals surface area contributed by atoms with Gasteiger partial charge in [0.1, 0.15) is 5.82 Å². The lowest BCUT2D eigenvalue weighted by Gasteiger charge is -2.34. The Kier molecular flexibility index (Phi) is 6.17. The quantitative estimate of drug-likeness (QED) is 0.668. The maximum atomic E-state index is 13.6. The SMILES string of the molecule is CC1CC(C)CN(S(=O)(=O)c2cccc(C(=O)N(Cc3cccc(F)c3)C3CC3)c2)C1. The van der Waals surface area contributed by atoms with Crippen LogP contribution in [0.5, 0.6) is 0 Å². The Morgan fingerprint density at radius 1 is 1.06 bits per heavy atom. The molecule has 0 spiro atoms. The highest BCUT2D eigenvalue weighted by molar-refractivity contribution is 7.89. The standard InChI is InChI=1S/C24H29FN2O3S/c1-17-11-18(2)15-26(14-17)31(29,30)23-8-4-6-20(13-23)24(28)27(22-9-10-22)16-19-5-3-7-21(25)12-19/h3-8,12-13,17-18,22H,9-11,14-16H2,1-2H3. The molecule has 0 bridgehead atoms. The van der Waals surface area contributed by atoms with Crippen molar-refractivity contribution >= 4 is 15.9 Å². The van der Waals surface area contributed by atoms with E-state index in [2.05, 4.69) is 13.8 Å². The monoisotopic (exact) mass is 444 g/mol. The summed E-state index contributed by atoms with van der Waals surface area (Å²) in [7, 11) is -3.67. The number of rotatable bonds is 6. The molecular weight excluding hydrogens is 415 g/mol. The van der Waals surface area contributed by atoms with E-state index in [1.807, 2.05) is 0 Å². The van der Waals surface area contributed by atoms with Crippen LogP contribution < -0.4 is 0 Å². The molecule has 0 radical (unpaired) electrons. The highest BCUT2D eigenvalue weighted by Crippen LogP contribution is 2.31. The van der Waals surface area contributed by atoms with Gasteiger partial charge in [-0.2, -0.15) is 4.31 Å². The van der Waals surface area contributed by atoms with Gasteiger partial charge in [-0.25, -0.2) is 12.8 Å². The summed E-state index contributed by atoms with van der Waals surface area (Å²) in [5.41, 5.74) is 1.07. The van der Waals surface area contributed by atoms with Crippen molar-refractivity contribution in [1.29, 1.82) is 0 Å². The van der Waals surface area contributed by atoms with Crippen molar-refractivity contribution in [2.24, 2.45) is 11.8 Å².